The predicted octanol–water partition coefficient (Wildman–Crippen LogP) is 4.53. The molecule has 0 aliphatic heterocycles. The van der Waals surface area contributed by atoms with Crippen molar-refractivity contribution >= 4 is 34.4 Å². The fourth-order valence-electron chi connectivity index (χ4n) is 2.91. The lowest BCUT2D eigenvalue weighted by Gasteiger charge is -2.31. The highest BCUT2D eigenvalue weighted by Gasteiger charge is 2.29. The second-order valence-corrected chi connectivity index (χ2v) is 8.38. The van der Waals surface area contributed by atoms with Crippen LogP contribution in [0.4, 0.5) is 4.39 Å². The number of halogens is 2. The van der Waals surface area contributed by atoms with E-state index < -0.39 is 6.04 Å². The standard InChI is InChI=1S/C23H28FIN2O3/c1-4-16(3)26-23(29)21(5-2)27(14-17-6-8-18(24)9-7-17)22(28)15-30-20-12-10-19(25)11-13-20/h6-13,16,21H,4-5,14-15H2,1-3H3,(H,26,29)/t16-,21+/m0/s1. The molecule has 2 rings (SSSR count). The Morgan fingerprint density at radius 1 is 1.07 bits per heavy atom. The van der Waals surface area contributed by atoms with E-state index in [0.717, 1.165) is 15.6 Å². The molecular weight excluding hydrogens is 498 g/mol. The Morgan fingerprint density at radius 2 is 1.70 bits per heavy atom. The van der Waals surface area contributed by atoms with Crippen LogP contribution in [0.5, 0.6) is 5.75 Å². The normalized spacial score (nSPS) is 12.7. The second-order valence-electron chi connectivity index (χ2n) is 7.13. The van der Waals surface area contributed by atoms with Crippen LogP contribution in [0, 0.1) is 9.39 Å². The zero-order valence-corrected chi connectivity index (χ0v) is 19.7. The molecule has 0 aliphatic carbocycles. The maximum absolute atomic E-state index is 13.3. The third-order valence-electron chi connectivity index (χ3n) is 4.83. The van der Waals surface area contributed by atoms with E-state index in [1.54, 1.807) is 24.3 Å². The number of hydrogen-bond acceptors (Lipinski definition) is 3. The highest BCUT2D eigenvalue weighted by Crippen LogP contribution is 2.16. The van der Waals surface area contributed by atoms with Crippen LogP contribution in [-0.2, 0) is 16.1 Å². The molecule has 2 amide bonds. The Morgan fingerprint density at radius 3 is 2.27 bits per heavy atom. The molecule has 0 bridgehead atoms. The molecule has 0 saturated heterocycles. The van der Waals surface area contributed by atoms with Crippen LogP contribution in [0.3, 0.4) is 0 Å². The first-order valence-electron chi connectivity index (χ1n) is 10.1. The van der Waals surface area contributed by atoms with Gasteiger partial charge in [-0.25, -0.2) is 4.39 Å². The van der Waals surface area contributed by atoms with Gasteiger partial charge in [-0.15, -0.1) is 0 Å². The summed E-state index contributed by atoms with van der Waals surface area (Å²) in [6.45, 7) is 5.79. The summed E-state index contributed by atoms with van der Waals surface area (Å²) in [6.07, 6.45) is 1.25. The zero-order valence-electron chi connectivity index (χ0n) is 17.5. The molecule has 2 aromatic carbocycles. The molecule has 0 saturated carbocycles. The Labute approximate surface area is 191 Å². The molecule has 0 unspecified atom stereocenters. The Hall–Kier alpha value is -2.16. The fourth-order valence-corrected chi connectivity index (χ4v) is 3.27. The zero-order chi connectivity index (χ0) is 22.1. The summed E-state index contributed by atoms with van der Waals surface area (Å²) in [7, 11) is 0. The molecule has 0 radical (unpaired) electrons. The van der Waals surface area contributed by atoms with Crippen molar-refractivity contribution in [1.29, 1.82) is 0 Å². The molecule has 1 N–H and O–H groups in total. The highest BCUT2D eigenvalue weighted by atomic mass is 127. The Balaban J connectivity index is 2.19. The number of hydrogen-bond donors (Lipinski definition) is 1. The van der Waals surface area contributed by atoms with E-state index in [-0.39, 0.29) is 36.8 Å². The number of rotatable bonds is 10. The van der Waals surface area contributed by atoms with Crippen LogP contribution in [0.25, 0.3) is 0 Å². The quantitative estimate of drug-likeness (QED) is 0.463. The van der Waals surface area contributed by atoms with Gasteiger partial charge in [0.05, 0.1) is 0 Å². The Bertz CT molecular complexity index is 827. The van der Waals surface area contributed by atoms with Gasteiger partial charge < -0.3 is 15.0 Å². The van der Waals surface area contributed by atoms with Crippen molar-refractivity contribution in [3.05, 3.63) is 63.5 Å². The van der Waals surface area contributed by atoms with E-state index >= 15 is 0 Å². The summed E-state index contributed by atoms with van der Waals surface area (Å²) in [5.74, 6) is -0.261. The van der Waals surface area contributed by atoms with E-state index in [9.17, 15) is 14.0 Å². The number of carbonyl (C=O) groups excluding carboxylic acids is 2. The molecule has 0 aromatic heterocycles. The molecule has 7 heteroatoms. The largest absolute Gasteiger partial charge is 0.484 e. The van der Waals surface area contributed by atoms with Crippen molar-refractivity contribution in [3.63, 3.8) is 0 Å². The smallest absolute Gasteiger partial charge is 0.261 e. The van der Waals surface area contributed by atoms with Gasteiger partial charge in [0.2, 0.25) is 5.91 Å². The van der Waals surface area contributed by atoms with E-state index in [1.807, 2.05) is 32.9 Å². The fraction of sp³-hybridized carbons (Fsp3) is 0.391. The van der Waals surface area contributed by atoms with E-state index in [1.165, 1.54) is 17.0 Å². The van der Waals surface area contributed by atoms with Crippen LogP contribution in [0.2, 0.25) is 0 Å². The SMILES string of the molecule is CC[C@H](C(=O)N[C@@H](C)CC)N(Cc1ccc(F)cc1)C(=O)COc1ccc(I)cc1. The van der Waals surface area contributed by atoms with Crippen molar-refractivity contribution in [3.8, 4) is 5.75 Å². The third-order valence-corrected chi connectivity index (χ3v) is 5.55. The number of benzene rings is 2. The summed E-state index contributed by atoms with van der Waals surface area (Å²) in [5, 5.41) is 2.96. The van der Waals surface area contributed by atoms with Crippen molar-refractivity contribution < 1.29 is 18.7 Å². The van der Waals surface area contributed by atoms with Gasteiger partial charge in [0.25, 0.3) is 5.91 Å². The lowest BCUT2D eigenvalue weighted by Crippen LogP contribution is -2.51. The number of nitrogens with one attached hydrogen (secondary N) is 1. The number of nitrogens with zero attached hydrogens (tertiary/aromatic N) is 1. The summed E-state index contributed by atoms with van der Waals surface area (Å²) in [6, 6.07) is 12.7. The average molecular weight is 526 g/mol. The number of ether oxygens (including phenoxy) is 1. The molecule has 0 aliphatic rings. The van der Waals surface area contributed by atoms with Crippen LogP contribution in [0.1, 0.15) is 39.2 Å². The monoisotopic (exact) mass is 526 g/mol. The van der Waals surface area contributed by atoms with Crippen molar-refractivity contribution in [2.45, 2.75) is 52.2 Å². The first-order chi connectivity index (χ1) is 14.3. The predicted molar refractivity (Wildman–Crippen MR) is 124 cm³/mol. The maximum atomic E-state index is 13.3. The maximum Gasteiger partial charge on any atom is 0.261 e. The van der Waals surface area contributed by atoms with Crippen molar-refractivity contribution in [2.24, 2.45) is 0 Å². The average Bonchev–Trinajstić information content (AvgIpc) is 2.74. The van der Waals surface area contributed by atoms with Crippen LogP contribution >= 0.6 is 22.6 Å². The van der Waals surface area contributed by atoms with E-state index in [0.29, 0.717) is 12.2 Å². The first kappa shape index (κ1) is 24.1. The van der Waals surface area contributed by atoms with Gasteiger partial charge in [0.15, 0.2) is 6.61 Å². The molecule has 5 nitrogen and oxygen atoms in total. The van der Waals surface area contributed by atoms with Crippen LogP contribution < -0.4 is 10.1 Å². The number of carbonyl (C=O) groups is 2. The summed E-state index contributed by atoms with van der Waals surface area (Å²) in [5.41, 5.74) is 0.744. The van der Waals surface area contributed by atoms with Crippen LogP contribution in [0.15, 0.2) is 48.5 Å². The molecule has 2 atom stereocenters. The molecule has 0 fully saturated rings. The van der Waals surface area contributed by atoms with Gasteiger partial charge >= 0.3 is 0 Å². The molecule has 0 heterocycles. The first-order valence-corrected chi connectivity index (χ1v) is 11.1. The second kappa shape index (κ2) is 11.9. The van der Waals surface area contributed by atoms with Gasteiger partial charge in [-0.05, 0) is 84.3 Å². The minimum absolute atomic E-state index is 0.0114. The molecule has 162 valence electrons. The molecular formula is C23H28FIN2O3. The van der Waals surface area contributed by atoms with Gasteiger partial charge in [-0.3, -0.25) is 9.59 Å². The topological polar surface area (TPSA) is 58.6 Å². The van der Waals surface area contributed by atoms with Gasteiger partial charge in [0.1, 0.15) is 17.6 Å². The third kappa shape index (κ3) is 7.27. The van der Waals surface area contributed by atoms with Gasteiger partial charge in [-0.1, -0.05) is 26.0 Å². The van der Waals surface area contributed by atoms with E-state index in [4.69, 9.17) is 4.74 Å². The van der Waals surface area contributed by atoms with Crippen molar-refractivity contribution in [1.82, 2.24) is 10.2 Å². The summed E-state index contributed by atoms with van der Waals surface area (Å²) >= 11 is 2.19. The minimum atomic E-state index is -0.642. The lowest BCUT2D eigenvalue weighted by atomic mass is 10.1. The van der Waals surface area contributed by atoms with Gasteiger partial charge in [-0.2, -0.15) is 0 Å². The molecule has 30 heavy (non-hydrogen) atoms. The molecule has 0 spiro atoms. The van der Waals surface area contributed by atoms with E-state index in [2.05, 4.69) is 27.9 Å². The lowest BCUT2D eigenvalue weighted by molar-refractivity contribution is -0.143. The van der Waals surface area contributed by atoms with Crippen LogP contribution in [-0.4, -0.2) is 35.4 Å². The number of amides is 2. The Kier molecular flexibility index (Phi) is 9.55. The summed E-state index contributed by atoms with van der Waals surface area (Å²) < 4.78 is 20.0. The minimum Gasteiger partial charge on any atom is -0.484 e. The summed E-state index contributed by atoms with van der Waals surface area (Å²) in [4.78, 5) is 27.4. The molecule has 2 aromatic rings. The highest BCUT2D eigenvalue weighted by molar-refractivity contribution is 14.1. The van der Waals surface area contributed by atoms with Crippen molar-refractivity contribution in [2.75, 3.05) is 6.61 Å². The van der Waals surface area contributed by atoms with Gasteiger partial charge in [0, 0.05) is 16.2 Å².